The molecular formula is C24H34FIN4O3. The third-order valence-corrected chi connectivity index (χ3v) is 5.09. The Morgan fingerprint density at radius 2 is 1.79 bits per heavy atom. The van der Waals surface area contributed by atoms with Crippen molar-refractivity contribution in [1.82, 2.24) is 15.5 Å². The van der Waals surface area contributed by atoms with Crippen molar-refractivity contribution in [1.29, 1.82) is 0 Å². The minimum absolute atomic E-state index is 0. The number of rotatable bonds is 9. The third kappa shape index (κ3) is 9.07. The molecule has 1 saturated heterocycles. The summed E-state index contributed by atoms with van der Waals surface area (Å²) in [6, 6.07) is 13.8. The molecule has 2 aromatic carbocycles. The minimum atomic E-state index is -0.917. The molecule has 1 atom stereocenters. The summed E-state index contributed by atoms with van der Waals surface area (Å²) in [6.07, 6.45) is 0. The molecule has 2 aromatic rings. The zero-order valence-electron chi connectivity index (χ0n) is 19.2. The average molecular weight is 572 g/mol. The lowest BCUT2D eigenvalue weighted by atomic mass is 10.1. The number of benzene rings is 2. The first-order valence-corrected chi connectivity index (χ1v) is 11.0. The number of β-amino-alcohol motifs (C(OH)–C–C–N with tert-alkyl or cyclic N) is 1. The molecule has 0 amide bonds. The normalized spacial score (nSPS) is 16.4. The lowest BCUT2D eigenvalue weighted by Crippen LogP contribution is -2.52. The molecule has 7 nitrogen and oxygen atoms in total. The highest BCUT2D eigenvalue weighted by molar-refractivity contribution is 14.0. The number of hydrogen-bond acceptors (Lipinski definition) is 5. The number of halogens is 2. The smallest absolute Gasteiger partial charge is 0.191 e. The maximum Gasteiger partial charge on any atom is 0.191 e. The molecule has 1 aliphatic rings. The summed E-state index contributed by atoms with van der Waals surface area (Å²) in [7, 11) is 0. The third-order valence-electron chi connectivity index (χ3n) is 5.09. The molecule has 3 rings (SSSR count). The van der Waals surface area contributed by atoms with E-state index in [0.29, 0.717) is 51.1 Å². The van der Waals surface area contributed by atoms with E-state index in [9.17, 15) is 9.50 Å². The Labute approximate surface area is 212 Å². The van der Waals surface area contributed by atoms with Crippen molar-refractivity contribution in [3.63, 3.8) is 0 Å². The second kappa shape index (κ2) is 13.7. The topological polar surface area (TPSA) is 78.4 Å². The van der Waals surface area contributed by atoms with Gasteiger partial charge >= 0.3 is 0 Å². The molecule has 3 N–H and O–H groups in total. The average Bonchev–Trinajstić information content (AvgIpc) is 2.78. The predicted octanol–water partition coefficient (Wildman–Crippen LogP) is 3.37. The van der Waals surface area contributed by atoms with Crippen LogP contribution in [0.5, 0.6) is 11.5 Å². The van der Waals surface area contributed by atoms with Crippen molar-refractivity contribution < 1.29 is 19.0 Å². The number of ether oxygens (including phenoxy) is 2. The molecule has 182 valence electrons. The molecule has 1 fully saturated rings. The monoisotopic (exact) mass is 572 g/mol. The van der Waals surface area contributed by atoms with Gasteiger partial charge in [0, 0.05) is 38.3 Å². The summed E-state index contributed by atoms with van der Waals surface area (Å²) in [5, 5.41) is 17.2. The first-order valence-electron chi connectivity index (χ1n) is 11.0. The fourth-order valence-electron chi connectivity index (χ4n) is 3.46. The van der Waals surface area contributed by atoms with Gasteiger partial charge in [0.25, 0.3) is 0 Å². The maximum atomic E-state index is 14.0. The molecule has 9 heteroatoms. The zero-order valence-corrected chi connectivity index (χ0v) is 21.6. The summed E-state index contributed by atoms with van der Waals surface area (Å²) in [5.74, 6) is 0.906. The van der Waals surface area contributed by atoms with E-state index in [1.54, 1.807) is 24.3 Å². The number of morpholine rings is 1. The maximum absolute atomic E-state index is 14.0. The van der Waals surface area contributed by atoms with Crippen molar-refractivity contribution in [3.8, 4) is 11.5 Å². The van der Waals surface area contributed by atoms with Gasteiger partial charge in [-0.1, -0.05) is 30.3 Å². The molecule has 0 aromatic heterocycles. The van der Waals surface area contributed by atoms with Crippen molar-refractivity contribution in [3.05, 3.63) is 59.9 Å². The Morgan fingerprint density at radius 1 is 1.12 bits per heavy atom. The van der Waals surface area contributed by atoms with Crippen LogP contribution in [0.2, 0.25) is 0 Å². The van der Waals surface area contributed by atoms with Crippen molar-refractivity contribution in [2.75, 3.05) is 45.9 Å². The van der Waals surface area contributed by atoms with Gasteiger partial charge in [0.05, 0.1) is 25.4 Å². The highest BCUT2D eigenvalue weighted by Gasteiger charge is 2.25. The Morgan fingerprint density at radius 3 is 2.48 bits per heavy atom. The largest absolute Gasteiger partial charge is 0.454 e. The van der Waals surface area contributed by atoms with Crippen LogP contribution in [0.4, 0.5) is 4.39 Å². The number of aliphatic imine (C=N–C) groups is 1. The first kappa shape index (κ1) is 27.3. The molecule has 33 heavy (non-hydrogen) atoms. The molecule has 0 aliphatic carbocycles. The van der Waals surface area contributed by atoms with Gasteiger partial charge in [-0.15, -0.1) is 24.0 Å². The Kier molecular flexibility index (Phi) is 11.3. The number of nitrogens with one attached hydrogen (secondary N) is 2. The van der Waals surface area contributed by atoms with Crippen LogP contribution in [0.25, 0.3) is 0 Å². The van der Waals surface area contributed by atoms with Gasteiger partial charge in [0.2, 0.25) is 0 Å². The van der Waals surface area contributed by atoms with E-state index in [2.05, 4.69) is 20.5 Å². The summed E-state index contributed by atoms with van der Waals surface area (Å²) in [6.45, 7) is 8.77. The van der Waals surface area contributed by atoms with Crippen LogP contribution in [0.3, 0.4) is 0 Å². The second-order valence-electron chi connectivity index (χ2n) is 8.07. The van der Waals surface area contributed by atoms with Crippen LogP contribution in [0, 0.1) is 5.82 Å². The molecule has 1 heterocycles. The van der Waals surface area contributed by atoms with E-state index >= 15 is 0 Å². The number of aliphatic hydroxyl groups is 1. The first-order chi connectivity index (χ1) is 15.5. The summed E-state index contributed by atoms with van der Waals surface area (Å²) >= 11 is 0. The highest BCUT2D eigenvalue weighted by Crippen LogP contribution is 2.27. The lowest BCUT2D eigenvalue weighted by Gasteiger charge is -2.34. The Hall–Kier alpha value is -1.95. The van der Waals surface area contributed by atoms with Crippen LogP contribution in [-0.4, -0.2) is 67.5 Å². The van der Waals surface area contributed by atoms with E-state index in [1.807, 2.05) is 32.0 Å². The predicted molar refractivity (Wildman–Crippen MR) is 139 cm³/mol. The fraction of sp³-hybridized carbons (Fsp3) is 0.458. The molecule has 0 radical (unpaired) electrons. The highest BCUT2D eigenvalue weighted by atomic mass is 127. The molecular weight excluding hydrogens is 538 g/mol. The number of hydrogen-bond donors (Lipinski definition) is 3. The van der Waals surface area contributed by atoms with E-state index in [-0.39, 0.29) is 29.7 Å². The van der Waals surface area contributed by atoms with Crippen LogP contribution >= 0.6 is 24.0 Å². The summed E-state index contributed by atoms with van der Waals surface area (Å²) in [4.78, 5) is 6.83. The molecule has 1 aliphatic heterocycles. The van der Waals surface area contributed by atoms with Gasteiger partial charge < -0.3 is 25.2 Å². The van der Waals surface area contributed by atoms with E-state index in [1.165, 1.54) is 6.07 Å². The lowest BCUT2D eigenvalue weighted by molar-refractivity contribution is -0.0201. The Balaban J connectivity index is 0.00000385. The van der Waals surface area contributed by atoms with Crippen molar-refractivity contribution in [2.24, 2.45) is 4.99 Å². The van der Waals surface area contributed by atoms with Crippen molar-refractivity contribution in [2.45, 2.75) is 26.0 Å². The zero-order chi connectivity index (χ0) is 22.8. The Bertz CT molecular complexity index is 892. The quantitative estimate of drug-likeness (QED) is 0.243. The summed E-state index contributed by atoms with van der Waals surface area (Å²) in [5.41, 5.74) is -0.0904. The molecule has 0 saturated carbocycles. The van der Waals surface area contributed by atoms with E-state index in [0.717, 1.165) is 18.7 Å². The van der Waals surface area contributed by atoms with Gasteiger partial charge in [0.15, 0.2) is 17.5 Å². The van der Waals surface area contributed by atoms with E-state index < -0.39 is 11.4 Å². The molecule has 1 unspecified atom stereocenters. The number of nitrogens with zero attached hydrogens (tertiary/aromatic N) is 2. The van der Waals surface area contributed by atoms with Gasteiger partial charge in [-0.25, -0.2) is 9.38 Å². The van der Waals surface area contributed by atoms with Gasteiger partial charge in [-0.3, -0.25) is 4.90 Å². The van der Waals surface area contributed by atoms with E-state index in [4.69, 9.17) is 9.47 Å². The second-order valence-corrected chi connectivity index (χ2v) is 8.07. The standard InChI is InChI=1S/C24H33FN4O3.HI/c1-3-26-23(28-17-24(2,30)18-29-12-14-31-15-13-29)27-16-19-8-4-6-10-21(19)32-22-11-7-5-9-20(22)25;/h4-11,30H,3,12-18H2,1-2H3,(H2,26,27,28);1H. The molecule has 0 spiro atoms. The van der Waals surface area contributed by atoms with Gasteiger partial charge in [-0.2, -0.15) is 0 Å². The van der Waals surface area contributed by atoms with Crippen LogP contribution in [0.1, 0.15) is 19.4 Å². The SMILES string of the molecule is CCNC(=NCc1ccccc1Oc1ccccc1F)NCC(C)(O)CN1CCOCC1.I. The minimum Gasteiger partial charge on any atom is -0.454 e. The number of para-hydroxylation sites is 2. The van der Waals surface area contributed by atoms with Crippen LogP contribution in [0.15, 0.2) is 53.5 Å². The molecule has 0 bridgehead atoms. The van der Waals surface area contributed by atoms with Crippen molar-refractivity contribution >= 4 is 29.9 Å². The van der Waals surface area contributed by atoms with Crippen LogP contribution in [-0.2, 0) is 11.3 Å². The van der Waals surface area contributed by atoms with Gasteiger partial charge in [-0.05, 0) is 32.0 Å². The summed E-state index contributed by atoms with van der Waals surface area (Å²) < 4.78 is 25.2. The number of guanidine groups is 1. The van der Waals surface area contributed by atoms with Gasteiger partial charge in [0.1, 0.15) is 5.75 Å². The fourth-order valence-corrected chi connectivity index (χ4v) is 3.46. The van der Waals surface area contributed by atoms with Crippen LogP contribution < -0.4 is 15.4 Å².